The van der Waals surface area contributed by atoms with E-state index in [-0.39, 0.29) is 36.6 Å². The third kappa shape index (κ3) is 5.63. The molecule has 1 aliphatic heterocycles. The molecule has 4 unspecified atom stereocenters. The van der Waals surface area contributed by atoms with Crippen molar-refractivity contribution >= 4 is 40.3 Å². The van der Waals surface area contributed by atoms with Gasteiger partial charge in [0.2, 0.25) is 17.0 Å². The summed E-state index contributed by atoms with van der Waals surface area (Å²) < 4.78 is 28.1. The molecule has 9 nitrogen and oxygen atoms in total. The summed E-state index contributed by atoms with van der Waals surface area (Å²) in [6.07, 6.45) is 6.60. The Kier molecular flexibility index (Phi) is 8.42. The minimum absolute atomic E-state index is 0.110. The van der Waals surface area contributed by atoms with E-state index in [0.717, 1.165) is 22.4 Å². The zero-order valence-corrected chi connectivity index (χ0v) is 22.6. The quantitative estimate of drug-likeness (QED) is 0.362. The maximum absolute atomic E-state index is 13.8. The van der Waals surface area contributed by atoms with Gasteiger partial charge in [-0.1, -0.05) is 36.9 Å². The van der Waals surface area contributed by atoms with Crippen molar-refractivity contribution in [1.82, 2.24) is 9.97 Å². The Bertz CT molecular complexity index is 1350. The number of carbonyl (C=O) groups excluding carboxylic acids is 1. The van der Waals surface area contributed by atoms with Gasteiger partial charge in [-0.25, -0.2) is 19.3 Å². The maximum Gasteiger partial charge on any atom is 0.231 e. The van der Waals surface area contributed by atoms with Crippen LogP contribution < -0.4 is 10.5 Å². The fourth-order valence-electron chi connectivity index (χ4n) is 5.28. The molecule has 5 atom stereocenters. The topological polar surface area (TPSA) is 126 Å². The number of ketones is 1. The van der Waals surface area contributed by atoms with Crippen LogP contribution in [0.25, 0.3) is 6.08 Å². The molecular formula is C27H30N4O5S2. The lowest BCUT2D eigenvalue weighted by Crippen LogP contribution is -2.31. The predicted molar refractivity (Wildman–Crippen MR) is 147 cm³/mol. The molecule has 38 heavy (non-hydrogen) atoms. The van der Waals surface area contributed by atoms with E-state index in [4.69, 9.17) is 18.8 Å². The Morgan fingerprint density at radius 3 is 2.97 bits per heavy atom. The van der Waals surface area contributed by atoms with E-state index in [1.54, 1.807) is 13.2 Å². The Morgan fingerprint density at radius 1 is 1.34 bits per heavy atom. The number of anilines is 1. The summed E-state index contributed by atoms with van der Waals surface area (Å²) in [6.45, 7) is 4.87. The van der Waals surface area contributed by atoms with Crippen molar-refractivity contribution < 1.29 is 22.7 Å². The van der Waals surface area contributed by atoms with Crippen LogP contribution in [0, 0.1) is 5.92 Å². The Morgan fingerprint density at radius 2 is 2.18 bits per heavy atom. The van der Waals surface area contributed by atoms with Crippen LogP contribution in [0.4, 0.5) is 5.82 Å². The summed E-state index contributed by atoms with van der Waals surface area (Å²) >= 11 is -0.427. The molecule has 1 saturated carbocycles. The number of hydrogen-bond acceptors (Lipinski definition) is 9. The van der Waals surface area contributed by atoms with Gasteiger partial charge in [0.15, 0.2) is 0 Å². The number of nitrogens with one attached hydrogen (secondary N) is 1. The standard InChI is InChI=1S/C27H30N4O5S2/c1-3-23-19(26-18-7-5-4-6-17(18)8-9-35-26)12-24(37-23)25(32)20-13-29-15-30-27(20)31-21-10-16(11-22(21)34-2)14-36-38(28)33/h3-7,12-13,15-16,21-22,26H,1,8-11,14,28H2,2H3,(H,29,30,31)/t16?,21-,22?,26?,38?/m1/s1. The van der Waals surface area contributed by atoms with Crippen molar-refractivity contribution in [2.75, 3.05) is 25.6 Å². The van der Waals surface area contributed by atoms with E-state index < -0.39 is 11.3 Å². The third-order valence-corrected chi connectivity index (χ3v) is 8.59. The molecule has 0 bridgehead atoms. The Balaban J connectivity index is 1.39. The Labute approximate surface area is 228 Å². The first-order chi connectivity index (χ1) is 18.5. The molecule has 200 valence electrons. The second-order valence-corrected chi connectivity index (χ2v) is 11.2. The number of ether oxygens (including phenoxy) is 2. The molecule has 0 spiro atoms. The van der Waals surface area contributed by atoms with Gasteiger partial charge in [-0.2, -0.15) is 0 Å². The smallest absolute Gasteiger partial charge is 0.231 e. The first-order valence-electron chi connectivity index (χ1n) is 12.4. The number of carbonyl (C=O) groups is 1. The van der Waals surface area contributed by atoms with E-state index in [1.807, 2.05) is 18.2 Å². The van der Waals surface area contributed by atoms with Crippen molar-refractivity contribution in [2.45, 2.75) is 37.5 Å². The largest absolute Gasteiger partial charge is 0.379 e. The summed E-state index contributed by atoms with van der Waals surface area (Å²) in [4.78, 5) is 23.7. The van der Waals surface area contributed by atoms with Crippen molar-refractivity contribution in [3.8, 4) is 0 Å². The van der Waals surface area contributed by atoms with Crippen LogP contribution in [0.3, 0.4) is 0 Å². The highest BCUT2D eigenvalue weighted by molar-refractivity contribution is 7.77. The van der Waals surface area contributed by atoms with E-state index in [2.05, 4.69) is 34.0 Å². The SMILES string of the molecule is C=Cc1sc(C(=O)c2cncnc2N[C@@H]2CC(COS(N)=O)CC2OC)cc1C1OCCc2ccccc21. The lowest BCUT2D eigenvalue weighted by Gasteiger charge is -2.26. The van der Waals surface area contributed by atoms with Gasteiger partial charge in [-0.3, -0.25) is 8.98 Å². The molecule has 3 aromatic rings. The second kappa shape index (κ2) is 11.9. The lowest BCUT2D eigenvalue weighted by molar-refractivity contribution is 0.0700. The van der Waals surface area contributed by atoms with E-state index in [0.29, 0.717) is 35.7 Å². The van der Waals surface area contributed by atoms with Crippen LogP contribution in [-0.2, 0) is 31.3 Å². The van der Waals surface area contributed by atoms with Crippen LogP contribution >= 0.6 is 11.3 Å². The predicted octanol–water partition coefficient (Wildman–Crippen LogP) is 3.83. The maximum atomic E-state index is 13.8. The Hall–Kier alpha value is -2.80. The molecule has 0 amide bonds. The zero-order valence-electron chi connectivity index (χ0n) is 21.0. The third-order valence-electron chi connectivity index (χ3n) is 7.08. The van der Waals surface area contributed by atoms with Crippen LogP contribution in [0.2, 0.25) is 0 Å². The average Bonchev–Trinajstić information content (AvgIpc) is 3.55. The monoisotopic (exact) mass is 554 g/mol. The zero-order chi connectivity index (χ0) is 26.6. The minimum Gasteiger partial charge on any atom is -0.379 e. The van der Waals surface area contributed by atoms with Crippen LogP contribution in [0.1, 0.15) is 55.7 Å². The number of rotatable bonds is 10. The van der Waals surface area contributed by atoms with Crippen LogP contribution in [0.5, 0.6) is 0 Å². The van der Waals surface area contributed by atoms with Gasteiger partial charge >= 0.3 is 0 Å². The summed E-state index contributed by atoms with van der Waals surface area (Å²) in [7, 11) is 1.64. The molecule has 1 aliphatic carbocycles. The van der Waals surface area contributed by atoms with Crippen molar-refractivity contribution in [3.63, 3.8) is 0 Å². The molecule has 2 aliphatic rings. The van der Waals surface area contributed by atoms with Crippen molar-refractivity contribution in [2.24, 2.45) is 11.1 Å². The minimum atomic E-state index is -1.81. The van der Waals surface area contributed by atoms with Gasteiger partial charge in [0.1, 0.15) is 18.2 Å². The van der Waals surface area contributed by atoms with Gasteiger partial charge in [0, 0.05) is 23.7 Å². The van der Waals surface area contributed by atoms with Crippen LogP contribution in [-0.4, -0.2) is 52.4 Å². The first kappa shape index (κ1) is 26.8. The molecule has 3 heterocycles. The van der Waals surface area contributed by atoms with Gasteiger partial charge in [-0.15, -0.1) is 11.3 Å². The second-order valence-electron chi connectivity index (χ2n) is 9.36. The molecule has 3 N–H and O–H groups in total. The normalized spacial score (nSPS) is 23.5. The molecular weight excluding hydrogens is 524 g/mol. The summed E-state index contributed by atoms with van der Waals surface area (Å²) in [5, 5.41) is 8.62. The number of nitrogens with two attached hydrogens (primary N) is 1. The summed E-state index contributed by atoms with van der Waals surface area (Å²) in [5.74, 6) is 0.372. The number of methoxy groups -OCH3 is 1. The molecule has 1 fully saturated rings. The number of benzene rings is 1. The molecule has 11 heteroatoms. The molecule has 2 aromatic heterocycles. The fourth-order valence-corrected chi connectivity index (χ4v) is 6.60. The molecule has 5 rings (SSSR count). The number of fused-ring (bicyclic) bond motifs is 1. The number of aromatic nitrogens is 2. The number of hydrogen-bond donors (Lipinski definition) is 2. The van der Waals surface area contributed by atoms with Crippen molar-refractivity contribution in [1.29, 1.82) is 0 Å². The van der Waals surface area contributed by atoms with E-state index in [1.165, 1.54) is 29.4 Å². The van der Waals surface area contributed by atoms with Gasteiger partial charge < -0.3 is 14.8 Å². The average molecular weight is 555 g/mol. The highest BCUT2D eigenvalue weighted by Crippen LogP contribution is 2.39. The number of nitrogens with zero attached hydrogens (tertiary/aromatic N) is 2. The van der Waals surface area contributed by atoms with Crippen LogP contribution in [0.15, 0.2) is 49.4 Å². The summed E-state index contributed by atoms with van der Waals surface area (Å²) in [6, 6.07) is 10.0. The van der Waals surface area contributed by atoms with E-state index in [9.17, 15) is 9.00 Å². The molecule has 0 radical (unpaired) electrons. The van der Waals surface area contributed by atoms with Crippen molar-refractivity contribution in [3.05, 3.63) is 81.4 Å². The van der Waals surface area contributed by atoms with Gasteiger partial charge in [0.25, 0.3) is 0 Å². The highest BCUT2D eigenvalue weighted by Gasteiger charge is 2.36. The van der Waals surface area contributed by atoms with E-state index >= 15 is 0 Å². The number of thiophene rings is 1. The first-order valence-corrected chi connectivity index (χ1v) is 14.3. The van der Waals surface area contributed by atoms with Gasteiger partial charge in [-0.05, 0) is 42.4 Å². The fraction of sp³-hybridized carbons (Fsp3) is 0.370. The summed E-state index contributed by atoms with van der Waals surface area (Å²) in [5.41, 5.74) is 3.68. The molecule has 0 saturated heterocycles. The van der Waals surface area contributed by atoms with Gasteiger partial charge in [0.05, 0.1) is 35.8 Å². The lowest BCUT2D eigenvalue weighted by atomic mass is 9.93. The molecule has 1 aromatic carbocycles. The highest BCUT2D eigenvalue weighted by atomic mass is 32.2.